The van der Waals surface area contributed by atoms with E-state index in [0.29, 0.717) is 0 Å². The lowest BCUT2D eigenvalue weighted by Crippen LogP contribution is -2.11. The molecule has 1 aliphatic carbocycles. The van der Waals surface area contributed by atoms with E-state index in [4.69, 9.17) is 0 Å². The van der Waals surface area contributed by atoms with Gasteiger partial charge in [0.05, 0.1) is 17.5 Å². The van der Waals surface area contributed by atoms with E-state index in [0.717, 1.165) is 36.2 Å². The maximum absolute atomic E-state index is 9.97. The summed E-state index contributed by atoms with van der Waals surface area (Å²) in [4.78, 5) is 4.61. The van der Waals surface area contributed by atoms with Crippen molar-refractivity contribution in [2.75, 3.05) is 0 Å². The van der Waals surface area contributed by atoms with Crippen molar-refractivity contribution in [2.45, 2.75) is 25.4 Å². The lowest BCUT2D eigenvalue weighted by molar-refractivity contribution is 0.151. The van der Waals surface area contributed by atoms with Crippen LogP contribution >= 0.6 is 0 Å². The minimum absolute atomic E-state index is 0.387. The first kappa shape index (κ1) is 10.5. The molecule has 0 bridgehead atoms. The van der Waals surface area contributed by atoms with Crippen LogP contribution in [0.2, 0.25) is 0 Å². The van der Waals surface area contributed by atoms with E-state index in [9.17, 15) is 5.11 Å². The van der Waals surface area contributed by atoms with Crippen LogP contribution in [-0.4, -0.2) is 10.1 Å². The topological polar surface area (TPSA) is 33.1 Å². The fraction of sp³-hybridized carbons (Fsp3) is 0.267. The Hall–Kier alpha value is -1.67. The molecule has 1 aromatic heterocycles. The number of fused-ring (bicyclic) bond motifs is 1. The maximum atomic E-state index is 9.97. The summed E-state index contributed by atoms with van der Waals surface area (Å²) in [5.41, 5.74) is 4.12. The minimum Gasteiger partial charge on any atom is -0.387 e. The monoisotopic (exact) mass is 225 g/mol. The van der Waals surface area contributed by atoms with Crippen LogP contribution in [0, 0.1) is 0 Å². The van der Waals surface area contributed by atoms with Gasteiger partial charge in [-0.15, -0.1) is 0 Å². The number of rotatable bonds is 1. The van der Waals surface area contributed by atoms with Crippen LogP contribution in [0.15, 0.2) is 42.5 Å². The van der Waals surface area contributed by atoms with Gasteiger partial charge in [0.15, 0.2) is 0 Å². The largest absolute Gasteiger partial charge is 0.387 e. The van der Waals surface area contributed by atoms with Gasteiger partial charge in [-0.25, -0.2) is 4.98 Å². The molecule has 1 aromatic carbocycles. The Balaban J connectivity index is 2.06. The third-order valence-electron chi connectivity index (χ3n) is 3.32. The highest BCUT2D eigenvalue weighted by Crippen LogP contribution is 2.30. The molecular weight excluding hydrogens is 210 g/mol. The molecule has 1 N–H and O–H groups in total. The van der Waals surface area contributed by atoms with Crippen molar-refractivity contribution < 1.29 is 5.11 Å². The molecule has 0 fully saturated rings. The van der Waals surface area contributed by atoms with Gasteiger partial charge in [0.25, 0.3) is 0 Å². The zero-order valence-electron chi connectivity index (χ0n) is 9.63. The second-order valence-corrected chi connectivity index (χ2v) is 4.51. The number of aromatic nitrogens is 1. The first-order chi connectivity index (χ1) is 8.34. The summed E-state index contributed by atoms with van der Waals surface area (Å²) in [6.07, 6.45) is 2.54. The van der Waals surface area contributed by atoms with Crippen molar-refractivity contribution in [3.8, 4) is 11.3 Å². The van der Waals surface area contributed by atoms with Crippen LogP contribution in [0.5, 0.6) is 0 Å². The van der Waals surface area contributed by atoms with Gasteiger partial charge in [-0.05, 0) is 30.9 Å². The first-order valence-corrected chi connectivity index (χ1v) is 6.08. The molecule has 3 rings (SSSR count). The van der Waals surface area contributed by atoms with E-state index in [1.807, 2.05) is 36.4 Å². The molecule has 0 saturated heterocycles. The Morgan fingerprint density at radius 3 is 2.71 bits per heavy atom. The molecule has 1 unspecified atom stereocenters. The van der Waals surface area contributed by atoms with Crippen LogP contribution in [0.4, 0.5) is 0 Å². The van der Waals surface area contributed by atoms with Gasteiger partial charge in [0.1, 0.15) is 0 Å². The summed E-state index contributed by atoms with van der Waals surface area (Å²) in [6.45, 7) is 0. The molecule has 1 heterocycles. The molecule has 17 heavy (non-hydrogen) atoms. The number of aryl methyl sites for hydroxylation is 1. The normalized spacial score (nSPS) is 18.8. The minimum atomic E-state index is -0.387. The van der Waals surface area contributed by atoms with Gasteiger partial charge < -0.3 is 5.11 Å². The van der Waals surface area contributed by atoms with E-state index in [1.54, 1.807) is 0 Å². The second-order valence-electron chi connectivity index (χ2n) is 4.51. The Morgan fingerprint density at radius 1 is 1.06 bits per heavy atom. The van der Waals surface area contributed by atoms with Crippen molar-refractivity contribution in [3.05, 3.63) is 53.7 Å². The number of aliphatic hydroxyl groups is 1. The molecule has 2 nitrogen and oxygen atoms in total. The highest BCUT2D eigenvalue weighted by atomic mass is 16.3. The summed E-state index contributed by atoms with van der Waals surface area (Å²) in [6, 6.07) is 14.3. The number of aliphatic hydroxyl groups excluding tert-OH is 1. The zero-order chi connectivity index (χ0) is 11.7. The van der Waals surface area contributed by atoms with Crippen LogP contribution < -0.4 is 0 Å². The third-order valence-corrected chi connectivity index (χ3v) is 3.32. The lowest BCUT2D eigenvalue weighted by Gasteiger charge is -2.20. The molecule has 0 spiro atoms. The Labute approximate surface area is 101 Å². The molecule has 1 atom stereocenters. The molecule has 2 heteroatoms. The number of benzene rings is 1. The number of nitrogens with zero attached hydrogens (tertiary/aromatic N) is 1. The fourth-order valence-corrected chi connectivity index (χ4v) is 2.40. The van der Waals surface area contributed by atoms with E-state index in [2.05, 4.69) is 11.1 Å². The van der Waals surface area contributed by atoms with Crippen LogP contribution in [0.3, 0.4) is 0 Å². The van der Waals surface area contributed by atoms with Gasteiger partial charge in [-0.3, -0.25) is 0 Å². The molecule has 0 aliphatic heterocycles. The van der Waals surface area contributed by atoms with Gasteiger partial charge in [0.2, 0.25) is 0 Å². The van der Waals surface area contributed by atoms with E-state index in [-0.39, 0.29) is 6.10 Å². The summed E-state index contributed by atoms with van der Waals surface area (Å²) in [7, 11) is 0. The molecule has 0 amide bonds. The Kier molecular flexibility index (Phi) is 2.65. The van der Waals surface area contributed by atoms with Gasteiger partial charge in [0, 0.05) is 5.56 Å². The lowest BCUT2D eigenvalue weighted by atomic mass is 9.93. The molecule has 86 valence electrons. The van der Waals surface area contributed by atoms with Crippen LogP contribution in [-0.2, 0) is 6.42 Å². The molecular formula is C15H15NO. The fourth-order valence-electron chi connectivity index (χ4n) is 2.40. The summed E-state index contributed by atoms with van der Waals surface area (Å²) >= 11 is 0. The number of hydrogen-bond donors (Lipinski definition) is 1. The van der Waals surface area contributed by atoms with Crippen LogP contribution in [0.1, 0.15) is 30.2 Å². The number of hydrogen-bond acceptors (Lipinski definition) is 2. The third kappa shape index (κ3) is 1.96. The van der Waals surface area contributed by atoms with Crippen molar-refractivity contribution in [1.29, 1.82) is 0 Å². The van der Waals surface area contributed by atoms with Crippen molar-refractivity contribution in [2.24, 2.45) is 0 Å². The Morgan fingerprint density at radius 2 is 1.88 bits per heavy atom. The van der Waals surface area contributed by atoms with E-state index in [1.165, 1.54) is 5.56 Å². The van der Waals surface area contributed by atoms with Crippen molar-refractivity contribution in [1.82, 2.24) is 4.98 Å². The SMILES string of the molecule is OC1CCCc2ccc(-c3ccccc3)nc21. The maximum Gasteiger partial charge on any atom is 0.0962 e. The highest BCUT2D eigenvalue weighted by molar-refractivity contribution is 5.59. The van der Waals surface area contributed by atoms with Crippen molar-refractivity contribution >= 4 is 0 Å². The van der Waals surface area contributed by atoms with E-state index >= 15 is 0 Å². The first-order valence-electron chi connectivity index (χ1n) is 6.08. The van der Waals surface area contributed by atoms with Gasteiger partial charge in [-0.1, -0.05) is 36.4 Å². The van der Waals surface area contributed by atoms with Crippen molar-refractivity contribution in [3.63, 3.8) is 0 Å². The predicted octanol–water partition coefficient (Wildman–Crippen LogP) is 3.12. The molecule has 0 radical (unpaired) electrons. The highest BCUT2D eigenvalue weighted by Gasteiger charge is 2.19. The van der Waals surface area contributed by atoms with Crippen LogP contribution in [0.25, 0.3) is 11.3 Å². The number of pyridine rings is 1. The van der Waals surface area contributed by atoms with Gasteiger partial charge >= 0.3 is 0 Å². The quantitative estimate of drug-likeness (QED) is 0.809. The zero-order valence-corrected chi connectivity index (χ0v) is 9.63. The molecule has 0 saturated carbocycles. The summed E-state index contributed by atoms with van der Waals surface area (Å²) in [5, 5.41) is 9.97. The second kappa shape index (κ2) is 4.30. The molecule has 1 aliphatic rings. The Bertz CT molecular complexity index is 522. The summed E-state index contributed by atoms with van der Waals surface area (Å²) < 4.78 is 0. The van der Waals surface area contributed by atoms with Gasteiger partial charge in [-0.2, -0.15) is 0 Å². The average molecular weight is 225 g/mol. The standard InChI is InChI=1S/C15H15NO/c17-14-8-4-7-12-9-10-13(16-15(12)14)11-5-2-1-3-6-11/h1-3,5-6,9-10,14,17H,4,7-8H2. The average Bonchev–Trinajstić information content (AvgIpc) is 2.40. The smallest absolute Gasteiger partial charge is 0.0962 e. The predicted molar refractivity (Wildman–Crippen MR) is 67.6 cm³/mol. The summed E-state index contributed by atoms with van der Waals surface area (Å²) in [5.74, 6) is 0. The molecule has 2 aromatic rings. The van der Waals surface area contributed by atoms with E-state index < -0.39 is 0 Å².